The molecular formula is C21H18BrF3N2O3S. The summed E-state index contributed by atoms with van der Waals surface area (Å²) in [5, 5.41) is 8.81. The fourth-order valence-electron chi connectivity index (χ4n) is 2.83. The Kier molecular flexibility index (Phi) is 6.93. The molecular weight excluding hydrogens is 497 g/mol. The van der Waals surface area contributed by atoms with Crippen molar-refractivity contribution in [2.24, 2.45) is 5.14 Å². The van der Waals surface area contributed by atoms with Gasteiger partial charge in [0.2, 0.25) is 10.0 Å². The van der Waals surface area contributed by atoms with Crippen LogP contribution in [0.4, 0.5) is 18.9 Å². The van der Waals surface area contributed by atoms with Crippen LogP contribution >= 0.6 is 15.9 Å². The molecule has 164 valence electrons. The summed E-state index contributed by atoms with van der Waals surface area (Å²) in [5.74, 6) is -0.350. The van der Waals surface area contributed by atoms with Crippen molar-refractivity contribution in [3.05, 3.63) is 83.4 Å². The fourth-order valence-corrected chi connectivity index (χ4v) is 3.88. The van der Waals surface area contributed by atoms with Crippen LogP contribution in [-0.4, -0.2) is 8.42 Å². The molecule has 3 rings (SSSR count). The van der Waals surface area contributed by atoms with E-state index in [0.717, 1.165) is 17.7 Å². The number of alkyl halides is 4. The van der Waals surface area contributed by atoms with Gasteiger partial charge in [0.1, 0.15) is 10.6 Å². The SMILES string of the molecule is NS(=O)(=O)c1cc(CBr)cc(NCc2ccccc2)c1Oc1cccc(C(F)(F)F)c1. The number of benzene rings is 3. The summed E-state index contributed by atoms with van der Waals surface area (Å²) < 4.78 is 69.4. The molecule has 0 saturated carbocycles. The molecule has 0 bridgehead atoms. The Balaban J connectivity index is 2.07. The van der Waals surface area contributed by atoms with Gasteiger partial charge in [-0.25, -0.2) is 13.6 Å². The Morgan fingerprint density at radius 3 is 2.29 bits per heavy atom. The van der Waals surface area contributed by atoms with Crippen molar-refractivity contribution in [1.29, 1.82) is 0 Å². The van der Waals surface area contributed by atoms with E-state index in [2.05, 4.69) is 21.2 Å². The van der Waals surface area contributed by atoms with Gasteiger partial charge in [0.25, 0.3) is 0 Å². The van der Waals surface area contributed by atoms with Crippen molar-refractivity contribution in [3.63, 3.8) is 0 Å². The van der Waals surface area contributed by atoms with E-state index in [-0.39, 0.29) is 22.1 Å². The highest BCUT2D eigenvalue weighted by Crippen LogP contribution is 2.39. The Hall–Kier alpha value is -2.56. The molecule has 31 heavy (non-hydrogen) atoms. The van der Waals surface area contributed by atoms with Gasteiger partial charge in [-0.2, -0.15) is 13.2 Å². The molecule has 0 atom stereocenters. The summed E-state index contributed by atoms with van der Waals surface area (Å²) in [6.07, 6.45) is -4.57. The molecule has 10 heteroatoms. The van der Waals surface area contributed by atoms with E-state index in [4.69, 9.17) is 9.88 Å². The lowest BCUT2D eigenvalue weighted by atomic mass is 10.1. The number of anilines is 1. The van der Waals surface area contributed by atoms with Crippen molar-refractivity contribution >= 4 is 31.6 Å². The Bertz CT molecular complexity index is 1170. The molecule has 3 N–H and O–H groups in total. The van der Waals surface area contributed by atoms with Crippen molar-refractivity contribution in [3.8, 4) is 11.5 Å². The van der Waals surface area contributed by atoms with Crippen LogP contribution in [0.15, 0.2) is 71.6 Å². The lowest BCUT2D eigenvalue weighted by Crippen LogP contribution is -2.15. The predicted molar refractivity (Wildman–Crippen MR) is 116 cm³/mol. The summed E-state index contributed by atoms with van der Waals surface area (Å²) in [6.45, 7) is 0.329. The van der Waals surface area contributed by atoms with Crippen LogP contribution in [0.5, 0.6) is 11.5 Å². The van der Waals surface area contributed by atoms with Crippen LogP contribution < -0.4 is 15.2 Å². The van der Waals surface area contributed by atoms with Gasteiger partial charge < -0.3 is 10.1 Å². The smallest absolute Gasteiger partial charge is 0.416 e. The first kappa shape index (κ1) is 23.1. The Morgan fingerprint density at radius 1 is 0.968 bits per heavy atom. The van der Waals surface area contributed by atoms with E-state index in [0.29, 0.717) is 17.4 Å². The molecule has 0 aliphatic carbocycles. The van der Waals surface area contributed by atoms with Crippen molar-refractivity contribution in [2.45, 2.75) is 22.9 Å². The summed E-state index contributed by atoms with van der Waals surface area (Å²) in [4.78, 5) is -0.336. The second kappa shape index (κ2) is 9.29. The molecule has 0 spiro atoms. The zero-order chi connectivity index (χ0) is 22.6. The summed E-state index contributed by atoms with van der Waals surface area (Å²) in [7, 11) is -4.24. The van der Waals surface area contributed by atoms with E-state index in [1.165, 1.54) is 18.2 Å². The molecule has 0 radical (unpaired) electrons. The molecule has 0 amide bonds. The van der Waals surface area contributed by atoms with Crippen LogP contribution in [0, 0.1) is 0 Å². The molecule has 0 aromatic heterocycles. The number of rotatable bonds is 7. The minimum atomic E-state index is -4.57. The van der Waals surface area contributed by atoms with Crippen LogP contribution in [0.25, 0.3) is 0 Å². The highest BCUT2D eigenvalue weighted by Gasteiger charge is 2.31. The minimum Gasteiger partial charge on any atom is -0.454 e. The second-order valence-electron chi connectivity index (χ2n) is 6.62. The largest absolute Gasteiger partial charge is 0.454 e. The summed E-state index contributed by atoms with van der Waals surface area (Å²) in [6, 6.07) is 16.4. The Morgan fingerprint density at radius 2 is 1.68 bits per heavy atom. The molecule has 0 fully saturated rings. The standard InChI is InChI=1S/C21H18BrF3N2O3S/c22-12-15-9-18(27-13-14-5-2-1-3-6-14)20(19(10-15)31(26,28)29)30-17-8-4-7-16(11-17)21(23,24)25/h1-11,27H,12-13H2,(H2,26,28,29). The van der Waals surface area contributed by atoms with Gasteiger partial charge in [0, 0.05) is 11.9 Å². The van der Waals surface area contributed by atoms with Gasteiger partial charge in [-0.05, 0) is 41.5 Å². The molecule has 0 saturated heterocycles. The fraction of sp³-hybridized carbons (Fsp3) is 0.143. The van der Waals surface area contributed by atoms with Crippen molar-refractivity contribution in [2.75, 3.05) is 5.32 Å². The quantitative estimate of drug-likeness (QED) is 0.399. The highest BCUT2D eigenvalue weighted by atomic mass is 79.9. The topological polar surface area (TPSA) is 81.4 Å². The molecule has 5 nitrogen and oxygen atoms in total. The lowest BCUT2D eigenvalue weighted by molar-refractivity contribution is -0.137. The molecule has 0 heterocycles. The zero-order valence-electron chi connectivity index (χ0n) is 16.0. The first-order chi connectivity index (χ1) is 14.6. The van der Waals surface area contributed by atoms with Gasteiger partial charge in [-0.15, -0.1) is 0 Å². The van der Waals surface area contributed by atoms with Gasteiger partial charge in [0.05, 0.1) is 11.3 Å². The average Bonchev–Trinajstić information content (AvgIpc) is 2.72. The number of ether oxygens (including phenoxy) is 1. The third-order valence-electron chi connectivity index (χ3n) is 4.28. The molecule has 0 aliphatic rings. The molecule has 0 aliphatic heterocycles. The van der Waals surface area contributed by atoms with Gasteiger partial charge in [-0.3, -0.25) is 0 Å². The van der Waals surface area contributed by atoms with Gasteiger partial charge >= 0.3 is 6.18 Å². The van der Waals surface area contributed by atoms with Crippen molar-refractivity contribution < 1.29 is 26.3 Å². The second-order valence-corrected chi connectivity index (χ2v) is 8.71. The van der Waals surface area contributed by atoms with E-state index in [1.54, 1.807) is 6.07 Å². The minimum absolute atomic E-state index is 0.172. The maximum Gasteiger partial charge on any atom is 0.416 e. The maximum absolute atomic E-state index is 13.1. The van der Waals surface area contributed by atoms with Crippen LogP contribution in [-0.2, 0) is 28.1 Å². The normalized spacial score (nSPS) is 11.9. The molecule has 3 aromatic rings. The van der Waals surface area contributed by atoms with Crippen LogP contribution in [0.2, 0.25) is 0 Å². The predicted octanol–water partition coefficient (Wildman–Crippen LogP) is 5.65. The zero-order valence-corrected chi connectivity index (χ0v) is 18.4. The first-order valence-electron chi connectivity index (χ1n) is 8.96. The van der Waals surface area contributed by atoms with E-state index in [9.17, 15) is 21.6 Å². The Labute approximate surface area is 186 Å². The number of primary sulfonamides is 1. The first-order valence-corrected chi connectivity index (χ1v) is 11.6. The number of hydrogen-bond donors (Lipinski definition) is 2. The number of nitrogens with two attached hydrogens (primary N) is 1. The number of nitrogens with one attached hydrogen (secondary N) is 1. The summed E-state index contributed by atoms with van der Waals surface area (Å²) in [5.41, 5.74) is 0.866. The highest BCUT2D eigenvalue weighted by molar-refractivity contribution is 9.08. The molecule has 3 aromatic carbocycles. The van der Waals surface area contributed by atoms with Crippen molar-refractivity contribution in [1.82, 2.24) is 0 Å². The van der Waals surface area contributed by atoms with Crippen LogP contribution in [0.1, 0.15) is 16.7 Å². The number of halogens is 4. The maximum atomic E-state index is 13.1. The van der Waals surface area contributed by atoms with Crippen LogP contribution in [0.3, 0.4) is 0 Å². The summed E-state index contributed by atoms with van der Waals surface area (Å²) >= 11 is 3.28. The van der Waals surface area contributed by atoms with Gasteiger partial charge in [0.15, 0.2) is 5.75 Å². The van der Waals surface area contributed by atoms with E-state index in [1.807, 2.05) is 30.3 Å². The third-order valence-corrected chi connectivity index (χ3v) is 5.85. The monoisotopic (exact) mass is 514 g/mol. The van der Waals surface area contributed by atoms with Gasteiger partial charge in [-0.1, -0.05) is 52.3 Å². The molecule has 0 unspecified atom stereocenters. The third kappa shape index (κ3) is 5.99. The van der Waals surface area contributed by atoms with E-state index < -0.39 is 21.8 Å². The lowest BCUT2D eigenvalue weighted by Gasteiger charge is -2.18. The van der Waals surface area contributed by atoms with E-state index >= 15 is 0 Å². The number of sulfonamides is 1. The number of hydrogen-bond acceptors (Lipinski definition) is 4. The average molecular weight is 515 g/mol.